The maximum absolute atomic E-state index is 4.11. The molecular formula is C25H30N2S2. The number of nitrogens with zero attached hydrogens (tertiary/aromatic N) is 1. The fourth-order valence-electron chi connectivity index (χ4n) is 6.94. The monoisotopic (exact) mass is 422 g/mol. The van der Waals surface area contributed by atoms with E-state index < -0.39 is 0 Å². The van der Waals surface area contributed by atoms with Gasteiger partial charge in [-0.25, -0.2) is 0 Å². The van der Waals surface area contributed by atoms with Gasteiger partial charge < -0.3 is 10.2 Å². The lowest BCUT2D eigenvalue weighted by atomic mass is 9.53. The molecule has 0 unspecified atom stereocenters. The molecule has 1 heterocycles. The van der Waals surface area contributed by atoms with E-state index in [2.05, 4.69) is 58.9 Å². The molecular weight excluding hydrogens is 392 g/mol. The van der Waals surface area contributed by atoms with E-state index in [1.807, 2.05) is 23.5 Å². The first-order chi connectivity index (χ1) is 14.2. The third-order valence-corrected chi connectivity index (χ3v) is 9.56. The smallest absolute Gasteiger partial charge is 0.0564 e. The molecule has 5 aliphatic rings. The van der Waals surface area contributed by atoms with Gasteiger partial charge in [-0.3, -0.25) is 0 Å². The lowest BCUT2D eigenvalue weighted by Crippen LogP contribution is -2.59. The van der Waals surface area contributed by atoms with Gasteiger partial charge in [0.15, 0.2) is 0 Å². The fraction of sp³-hybridized carbons (Fsp3) is 0.520. The van der Waals surface area contributed by atoms with Crippen LogP contribution in [0.2, 0.25) is 0 Å². The summed E-state index contributed by atoms with van der Waals surface area (Å²) in [6.45, 7) is 2.12. The second kappa shape index (κ2) is 7.25. The molecule has 4 fully saturated rings. The zero-order valence-electron chi connectivity index (χ0n) is 17.2. The standard InChI is InChI=1S/C25H30N2S2/c1-28-20-6-7-24-22(13-20)27(21-4-2-3-5-23(21)29-24)9-8-26-25-14-17-10-18(15-25)12-19(11-17)16-25/h2-7,13,17-19,26H,8-12,14-16H2,1H3. The lowest BCUT2D eigenvalue weighted by molar-refractivity contribution is -0.0190. The van der Waals surface area contributed by atoms with Crippen molar-refractivity contribution in [3.05, 3.63) is 42.5 Å². The molecule has 4 saturated carbocycles. The quantitative estimate of drug-likeness (QED) is 0.548. The minimum atomic E-state index is 0.447. The zero-order valence-corrected chi connectivity index (χ0v) is 18.8. The van der Waals surface area contributed by atoms with E-state index in [1.165, 1.54) is 64.6 Å². The van der Waals surface area contributed by atoms with Crippen LogP contribution >= 0.6 is 23.5 Å². The van der Waals surface area contributed by atoms with Gasteiger partial charge in [0.1, 0.15) is 0 Å². The Labute approximate surface area is 183 Å². The van der Waals surface area contributed by atoms with Crippen LogP contribution in [0.25, 0.3) is 0 Å². The molecule has 0 spiro atoms. The minimum absolute atomic E-state index is 0.447. The van der Waals surface area contributed by atoms with Gasteiger partial charge in [0.2, 0.25) is 0 Å². The summed E-state index contributed by atoms with van der Waals surface area (Å²) < 4.78 is 0. The molecule has 29 heavy (non-hydrogen) atoms. The molecule has 1 aliphatic heterocycles. The first-order valence-corrected chi connectivity index (χ1v) is 13.2. The van der Waals surface area contributed by atoms with Crippen LogP contribution in [0.15, 0.2) is 57.2 Å². The predicted molar refractivity (Wildman–Crippen MR) is 125 cm³/mol. The van der Waals surface area contributed by atoms with E-state index in [9.17, 15) is 0 Å². The summed E-state index contributed by atoms with van der Waals surface area (Å²) in [6.07, 6.45) is 11.0. The first-order valence-electron chi connectivity index (χ1n) is 11.2. The number of nitrogens with one attached hydrogen (secondary N) is 1. The van der Waals surface area contributed by atoms with E-state index in [-0.39, 0.29) is 0 Å². The molecule has 0 atom stereocenters. The number of hydrogen-bond acceptors (Lipinski definition) is 4. The normalized spacial score (nSPS) is 31.6. The van der Waals surface area contributed by atoms with Gasteiger partial charge in [-0.15, -0.1) is 11.8 Å². The Morgan fingerprint density at radius 2 is 1.66 bits per heavy atom. The highest BCUT2D eigenvalue weighted by molar-refractivity contribution is 8.00. The van der Waals surface area contributed by atoms with Crippen molar-refractivity contribution in [1.29, 1.82) is 0 Å². The topological polar surface area (TPSA) is 15.3 Å². The third kappa shape index (κ3) is 3.32. The largest absolute Gasteiger partial charge is 0.338 e. The van der Waals surface area contributed by atoms with Crippen molar-refractivity contribution >= 4 is 34.9 Å². The minimum Gasteiger partial charge on any atom is -0.338 e. The van der Waals surface area contributed by atoms with Crippen molar-refractivity contribution in [3.63, 3.8) is 0 Å². The Kier molecular flexibility index (Phi) is 4.66. The van der Waals surface area contributed by atoms with Crippen molar-refractivity contribution in [3.8, 4) is 0 Å². The Morgan fingerprint density at radius 3 is 2.38 bits per heavy atom. The van der Waals surface area contributed by atoms with E-state index in [0.29, 0.717) is 5.54 Å². The van der Waals surface area contributed by atoms with E-state index in [1.54, 1.807) is 0 Å². The summed E-state index contributed by atoms with van der Waals surface area (Å²) in [6, 6.07) is 15.9. The summed E-state index contributed by atoms with van der Waals surface area (Å²) in [5.41, 5.74) is 3.20. The second-order valence-electron chi connectivity index (χ2n) is 9.68. The van der Waals surface area contributed by atoms with E-state index >= 15 is 0 Å². The average Bonchev–Trinajstić information content (AvgIpc) is 2.72. The second-order valence-corrected chi connectivity index (χ2v) is 11.6. The van der Waals surface area contributed by atoms with Gasteiger partial charge in [-0.1, -0.05) is 23.9 Å². The highest BCUT2D eigenvalue weighted by atomic mass is 32.2. The number of benzene rings is 2. The summed E-state index contributed by atoms with van der Waals surface area (Å²) >= 11 is 3.75. The molecule has 4 heteroatoms. The van der Waals surface area contributed by atoms with Crippen molar-refractivity contribution in [2.75, 3.05) is 24.2 Å². The number of anilines is 2. The molecule has 152 valence electrons. The van der Waals surface area contributed by atoms with Gasteiger partial charge in [-0.05, 0) is 92.9 Å². The average molecular weight is 423 g/mol. The summed E-state index contributed by atoms with van der Waals surface area (Å²) in [7, 11) is 0. The highest BCUT2D eigenvalue weighted by Crippen LogP contribution is 2.55. The van der Waals surface area contributed by atoms with E-state index in [0.717, 1.165) is 30.8 Å². The molecule has 2 nitrogen and oxygen atoms in total. The van der Waals surface area contributed by atoms with Crippen molar-refractivity contribution in [1.82, 2.24) is 5.32 Å². The van der Waals surface area contributed by atoms with Crippen LogP contribution < -0.4 is 10.2 Å². The molecule has 4 aliphatic carbocycles. The van der Waals surface area contributed by atoms with Gasteiger partial charge in [0.05, 0.1) is 11.4 Å². The Hall–Kier alpha value is -1.10. The van der Waals surface area contributed by atoms with Crippen LogP contribution in [0.1, 0.15) is 38.5 Å². The molecule has 7 rings (SSSR count). The van der Waals surface area contributed by atoms with Crippen LogP contribution in [0.4, 0.5) is 11.4 Å². The molecule has 0 aromatic heterocycles. The number of para-hydroxylation sites is 1. The van der Waals surface area contributed by atoms with Crippen LogP contribution in [-0.2, 0) is 0 Å². The lowest BCUT2D eigenvalue weighted by Gasteiger charge is -2.57. The molecule has 0 saturated heterocycles. The molecule has 2 aromatic rings. The van der Waals surface area contributed by atoms with Gasteiger partial charge in [0, 0.05) is 33.3 Å². The van der Waals surface area contributed by atoms with E-state index in [4.69, 9.17) is 0 Å². The van der Waals surface area contributed by atoms with Crippen molar-refractivity contribution < 1.29 is 0 Å². The maximum atomic E-state index is 4.11. The van der Waals surface area contributed by atoms with Gasteiger partial charge in [0.25, 0.3) is 0 Å². The zero-order chi connectivity index (χ0) is 19.4. The Balaban J connectivity index is 1.24. The summed E-state index contributed by atoms with van der Waals surface area (Å²) in [5, 5.41) is 4.11. The van der Waals surface area contributed by atoms with Crippen LogP contribution in [0.3, 0.4) is 0 Å². The highest BCUT2D eigenvalue weighted by Gasteiger charge is 2.50. The van der Waals surface area contributed by atoms with Crippen LogP contribution in [0, 0.1) is 17.8 Å². The fourth-order valence-corrected chi connectivity index (χ4v) is 8.45. The van der Waals surface area contributed by atoms with Crippen LogP contribution in [-0.4, -0.2) is 24.9 Å². The third-order valence-electron chi connectivity index (χ3n) is 7.71. The van der Waals surface area contributed by atoms with Gasteiger partial charge >= 0.3 is 0 Å². The molecule has 0 amide bonds. The van der Waals surface area contributed by atoms with Crippen LogP contribution in [0.5, 0.6) is 0 Å². The van der Waals surface area contributed by atoms with Gasteiger partial charge in [-0.2, -0.15) is 0 Å². The molecule has 4 bridgehead atoms. The molecule has 2 aromatic carbocycles. The van der Waals surface area contributed by atoms with Crippen molar-refractivity contribution in [2.45, 2.75) is 58.8 Å². The number of thioether (sulfide) groups is 1. The SMILES string of the molecule is CSc1ccc2c(c1)N(CCNC13CC4CC(CC(C4)C1)C3)c1ccccc1S2. The maximum Gasteiger partial charge on any atom is 0.0564 e. The Morgan fingerprint density at radius 1 is 0.966 bits per heavy atom. The number of rotatable bonds is 5. The summed E-state index contributed by atoms with van der Waals surface area (Å²) in [5.74, 6) is 3.02. The number of fused-ring (bicyclic) bond motifs is 2. The predicted octanol–water partition coefficient (Wildman–Crippen LogP) is 6.57. The first kappa shape index (κ1) is 18.7. The van der Waals surface area contributed by atoms with Crippen molar-refractivity contribution in [2.24, 2.45) is 17.8 Å². The Bertz CT molecular complexity index is 890. The molecule has 0 radical (unpaired) electrons. The summed E-state index contributed by atoms with van der Waals surface area (Å²) in [4.78, 5) is 6.68. The molecule has 1 N–H and O–H groups in total. The number of hydrogen-bond donors (Lipinski definition) is 1.